The van der Waals surface area contributed by atoms with Gasteiger partial charge in [-0.3, -0.25) is 4.57 Å². The molecular formula is C13H6ClFN4S. The molecule has 0 unspecified atom stereocenters. The fourth-order valence-electron chi connectivity index (χ4n) is 1.95. The third-order valence-corrected chi connectivity index (χ3v) is 3.30. The van der Waals surface area contributed by atoms with Crippen LogP contribution in [0.3, 0.4) is 0 Å². The molecule has 2 heterocycles. The van der Waals surface area contributed by atoms with Gasteiger partial charge in [0.25, 0.3) is 0 Å². The van der Waals surface area contributed by atoms with Gasteiger partial charge in [0.15, 0.2) is 10.4 Å². The fourth-order valence-corrected chi connectivity index (χ4v) is 2.40. The molecule has 0 fully saturated rings. The summed E-state index contributed by atoms with van der Waals surface area (Å²) in [5, 5.41) is 9.22. The molecule has 4 nitrogen and oxygen atoms in total. The lowest BCUT2D eigenvalue weighted by molar-refractivity contribution is 0.618. The van der Waals surface area contributed by atoms with Gasteiger partial charge in [0.05, 0.1) is 27.9 Å². The standard InChI is InChI=1S/C13H6ClFN4S/c14-8-4-10-12(17-6-8)19(13(20)18-10)11-2-1-7(5-16)3-9(11)15/h1-4,6H,(H,18,20). The van der Waals surface area contributed by atoms with Crippen molar-refractivity contribution in [3.8, 4) is 11.8 Å². The van der Waals surface area contributed by atoms with Gasteiger partial charge in [-0.1, -0.05) is 11.6 Å². The van der Waals surface area contributed by atoms with E-state index in [1.165, 1.54) is 22.9 Å². The molecular weight excluding hydrogens is 299 g/mol. The molecule has 98 valence electrons. The number of aromatic amines is 1. The topological polar surface area (TPSA) is 57.4 Å². The molecule has 3 aromatic rings. The molecule has 1 aromatic carbocycles. The van der Waals surface area contributed by atoms with Crippen molar-refractivity contribution in [2.75, 3.05) is 0 Å². The summed E-state index contributed by atoms with van der Waals surface area (Å²) in [5.41, 5.74) is 1.57. The summed E-state index contributed by atoms with van der Waals surface area (Å²) in [4.78, 5) is 7.08. The first-order valence-electron chi connectivity index (χ1n) is 5.56. The van der Waals surface area contributed by atoms with E-state index in [0.717, 1.165) is 6.07 Å². The van der Waals surface area contributed by atoms with E-state index in [1.807, 2.05) is 6.07 Å². The molecule has 3 rings (SSSR count). The second kappa shape index (κ2) is 4.71. The molecule has 0 atom stereocenters. The maximum absolute atomic E-state index is 14.1. The van der Waals surface area contributed by atoms with Crippen LogP contribution in [0.25, 0.3) is 16.9 Å². The Morgan fingerprint density at radius 2 is 2.20 bits per heavy atom. The molecule has 0 aliphatic rings. The molecule has 0 bridgehead atoms. The van der Waals surface area contributed by atoms with E-state index < -0.39 is 5.82 Å². The van der Waals surface area contributed by atoms with Crippen molar-refractivity contribution < 1.29 is 4.39 Å². The number of H-pyrrole nitrogens is 1. The van der Waals surface area contributed by atoms with Crippen LogP contribution in [0.1, 0.15) is 5.56 Å². The quantitative estimate of drug-likeness (QED) is 0.697. The molecule has 20 heavy (non-hydrogen) atoms. The fraction of sp³-hybridized carbons (Fsp3) is 0. The third-order valence-electron chi connectivity index (χ3n) is 2.81. The molecule has 1 N–H and O–H groups in total. The summed E-state index contributed by atoms with van der Waals surface area (Å²) in [5.74, 6) is -0.544. The van der Waals surface area contributed by atoms with Gasteiger partial charge in [0.2, 0.25) is 0 Å². The number of hydrogen-bond donors (Lipinski definition) is 1. The third kappa shape index (κ3) is 1.97. The number of nitrogens with zero attached hydrogens (tertiary/aromatic N) is 3. The molecule has 0 saturated heterocycles. The van der Waals surface area contributed by atoms with Crippen molar-refractivity contribution in [1.29, 1.82) is 5.26 Å². The number of aromatic nitrogens is 3. The minimum absolute atomic E-state index is 0.232. The van der Waals surface area contributed by atoms with Gasteiger partial charge >= 0.3 is 0 Å². The van der Waals surface area contributed by atoms with Crippen LogP contribution in [-0.4, -0.2) is 14.5 Å². The summed E-state index contributed by atoms with van der Waals surface area (Å²) < 4.78 is 15.9. The van der Waals surface area contributed by atoms with E-state index in [0.29, 0.717) is 21.0 Å². The highest BCUT2D eigenvalue weighted by Gasteiger charge is 2.12. The number of halogens is 2. The molecule has 0 saturated carbocycles. The van der Waals surface area contributed by atoms with E-state index in [4.69, 9.17) is 29.1 Å². The number of imidazole rings is 1. The molecule has 0 aliphatic carbocycles. The molecule has 0 amide bonds. The lowest BCUT2D eigenvalue weighted by atomic mass is 10.2. The Bertz CT molecular complexity index is 922. The SMILES string of the molecule is N#Cc1ccc(-n2c(=S)[nH]c3cc(Cl)cnc32)c(F)c1. The van der Waals surface area contributed by atoms with Crippen molar-refractivity contribution in [1.82, 2.24) is 14.5 Å². The zero-order valence-electron chi connectivity index (χ0n) is 9.89. The zero-order chi connectivity index (χ0) is 14.3. The highest BCUT2D eigenvalue weighted by Crippen LogP contribution is 2.22. The lowest BCUT2D eigenvalue weighted by Gasteiger charge is -2.05. The molecule has 0 aliphatic heterocycles. The number of benzene rings is 1. The van der Waals surface area contributed by atoms with E-state index in [2.05, 4.69) is 9.97 Å². The highest BCUT2D eigenvalue weighted by atomic mass is 35.5. The van der Waals surface area contributed by atoms with Crippen molar-refractivity contribution in [3.63, 3.8) is 0 Å². The second-order valence-corrected chi connectivity index (χ2v) is 4.89. The average molecular weight is 305 g/mol. The predicted octanol–water partition coefficient (Wildman–Crippen LogP) is 3.75. The maximum Gasteiger partial charge on any atom is 0.184 e. The minimum atomic E-state index is -0.544. The predicted molar refractivity (Wildman–Crippen MR) is 75.9 cm³/mol. The van der Waals surface area contributed by atoms with Gasteiger partial charge in [0, 0.05) is 6.20 Å². The summed E-state index contributed by atoms with van der Waals surface area (Å²) in [7, 11) is 0. The number of hydrogen-bond acceptors (Lipinski definition) is 3. The Morgan fingerprint density at radius 1 is 1.40 bits per heavy atom. The van der Waals surface area contributed by atoms with E-state index in [1.54, 1.807) is 6.07 Å². The van der Waals surface area contributed by atoms with Crippen molar-refractivity contribution in [3.05, 3.63) is 51.6 Å². The summed E-state index contributed by atoms with van der Waals surface area (Å²) in [6.07, 6.45) is 1.46. The van der Waals surface area contributed by atoms with Gasteiger partial charge < -0.3 is 4.98 Å². The molecule has 7 heteroatoms. The number of fused-ring (bicyclic) bond motifs is 1. The van der Waals surface area contributed by atoms with Crippen molar-refractivity contribution in [2.45, 2.75) is 0 Å². The summed E-state index contributed by atoms with van der Waals surface area (Å²) in [6, 6.07) is 7.72. The van der Waals surface area contributed by atoms with Crippen molar-refractivity contribution in [2.24, 2.45) is 0 Å². The number of nitriles is 1. The average Bonchev–Trinajstić information content (AvgIpc) is 2.73. The summed E-state index contributed by atoms with van der Waals surface area (Å²) in [6.45, 7) is 0. The van der Waals surface area contributed by atoms with Gasteiger partial charge in [-0.2, -0.15) is 5.26 Å². The first kappa shape index (κ1) is 12.8. The monoisotopic (exact) mass is 304 g/mol. The Balaban J connectivity index is 2.33. The van der Waals surface area contributed by atoms with Gasteiger partial charge in [-0.05, 0) is 36.5 Å². The number of pyridine rings is 1. The van der Waals surface area contributed by atoms with Gasteiger partial charge in [0.1, 0.15) is 5.82 Å². The smallest absolute Gasteiger partial charge is 0.184 e. The molecule has 0 spiro atoms. The molecule has 2 aromatic heterocycles. The Hall–Kier alpha value is -2.23. The Labute approximate surface area is 123 Å². The largest absolute Gasteiger partial charge is 0.329 e. The second-order valence-electron chi connectivity index (χ2n) is 4.07. The van der Waals surface area contributed by atoms with Crippen LogP contribution in [0.4, 0.5) is 4.39 Å². The number of nitrogens with one attached hydrogen (secondary N) is 1. The van der Waals surface area contributed by atoms with Gasteiger partial charge in [-0.15, -0.1) is 0 Å². The van der Waals surface area contributed by atoms with Crippen LogP contribution in [0.2, 0.25) is 5.02 Å². The Kier molecular flexibility index (Phi) is 3.01. The Morgan fingerprint density at radius 3 is 2.90 bits per heavy atom. The van der Waals surface area contributed by atoms with Crippen LogP contribution in [-0.2, 0) is 0 Å². The van der Waals surface area contributed by atoms with Crippen LogP contribution < -0.4 is 0 Å². The van der Waals surface area contributed by atoms with Crippen LogP contribution in [0, 0.1) is 21.9 Å². The van der Waals surface area contributed by atoms with Crippen LogP contribution in [0.15, 0.2) is 30.5 Å². The lowest BCUT2D eigenvalue weighted by Crippen LogP contribution is -1.99. The van der Waals surface area contributed by atoms with Crippen molar-refractivity contribution >= 4 is 35.0 Å². The van der Waals surface area contributed by atoms with Crippen LogP contribution in [0.5, 0.6) is 0 Å². The van der Waals surface area contributed by atoms with E-state index >= 15 is 0 Å². The van der Waals surface area contributed by atoms with Gasteiger partial charge in [-0.25, -0.2) is 9.37 Å². The van der Waals surface area contributed by atoms with Crippen LogP contribution >= 0.6 is 23.8 Å². The normalized spacial score (nSPS) is 10.7. The van der Waals surface area contributed by atoms with E-state index in [9.17, 15) is 4.39 Å². The maximum atomic E-state index is 14.1. The highest BCUT2D eigenvalue weighted by molar-refractivity contribution is 7.71. The number of rotatable bonds is 1. The first-order chi connectivity index (χ1) is 9.60. The first-order valence-corrected chi connectivity index (χ1v) is 6.35. The summed E-state index contributed by atoms with van der Waals surface area (Å²) >= 11 is 11.1. The molecule has 0 radical (unpaired) electrons. The van der Waals surface area contributed by atoms with E-state index in [-0.39, 0.29) is 11.3 Å². The minimum Gasteiger partial charge on any atom is -0.329 e. The zero-order valence-corrected chi connectivity index (χ0v) is 11.5.